The Morgan fingerprint density at radius 2 is 1.82 bits per heavy atom. The van der Waals surface area contributed by atoms with E-state index in [1.165, 1.54) is 13.2 Å². The van der Waals surface area contributed by atoms with Gasteiger partial charge >= 0.3 is 6.18 Å². The summed E-state index contributed by atoms with van der Waals surface area (Å²) >= 11 is 5.75. The van der Waals surface area contributed by atoms with Gasteiger partial charge in [0.2, 0.25) is 10.0 Å². The van der Waals surface area contributed by atoms with E-state index >= 15 is 0 Å². The highest BCUT2D eigenvalue weighted by Crippen LogP contribution is 2.44. The van der Waals surface area contributed by atoms with Crippen molar-refractivity contribution >= 4 is 38.7 Å². The van der Waals surface area contributed by atoms with E-state index in [-0.39, 0.29) is 5.69 Å². The van der Waals surface area contributed by atoms with Crippen LogP contribution in [-0.2, 0) is 16.2 Å². The number of aromatic nitrogens is 2. The lowest BCUT2D eigenvalue weighted by molar-refractivity contribution is -0.137. The molecule has 2 aromatic carbocycles. The van der Waals surface area contributed by atoms with Gasteiger partial charge in [-0.3, -0.25) is 9.71 Å². The van der Waals surface area contributed by atoms with Gasteiger partial charge in [-0.2, -0.15) is 13.2 Å². The maximum absolute atomic E-state index is 13.5. The van der Waals surface area contributed by atoms with E-state index in [1.54, 1.807) is 58.3 Å². The van der Waals surface area contributed by atoms with E-state index in [0.717, 1.165) is 18.4 Å². The molecule has 0 saturated carbocycles. The van der Waals surface area contributed by atoms with Crippen LogP contribution in [0.1, 0.15) is 29.0 Å². The number of sulfonamides is 1. The molecule has 5 rings (SSSR count). The Balaban J connectivity index is 1.67. The average molecular weight is 588 g/mol. The van der Waals surface area contributed by atoms with Gasteiger partial charge in [-0.25, -0.2) is 8.42 Å². The molecule has 3 heterocycles. The topological polar surface area (TPSA) is 88.5 Å². The number of methoxy groups -OCH3 is 1. The van der Waals surface area contributed by atoms with E-state index in [1.807, 2.05) is 18.2 Å². The summed E-state index contributed by atoms with van der Waals surface area (Å²) in [7, 11) is -2.21. The molecular weight excluding hydrogens is 563 g/mol. The summed E-state index contributed by atoms with van der Waals surface area (Å²) in [6, 6.07) is 17.9. The lowest BCUT2D eigenvalue weighted by atomic mass is 10.0. The van der Waals surface area contributed by atoms with E-state index in [2.05, 4.69) is 15.0 Å². The number of hydrogen-bond acceptors (Lipinski definition) is 5. The zero-order chi connectivity index (χ0) is 28.7. The number of ether oxygens (including phenoxy) is 1. The van der Waals surface area contributed by atoms with Gasteiger partial charge in [0, 0.05) is 29.5 Å². The lowest BCUT2D eigenvalue weighted by Gasteiger charge is -2.29. The van der Waals surface area contributed by atoms with Crippen LogP contribution in [0.5, 0.6) is 5.75 Å². The van der Waals surface area contributed by atoms with Crippen molar-refractivity contribution in [3.05, 3.63) is 102 Å². The van der Waals surface area contributed by atoms with E-state index in [4.69, 9.17) is 17.0 Å². The van der Waals surface area contributed by atoms with Crippen molar-refractivity contribution in [1.82, 2.24) is 14.9 Å². The number of nitrogens with zero attached hydrogens (tertiary/aromatic N) is 3. The van der Waals surface area contributed by atoms with Crippen molar-refractivity contribution < 1.29 is 26.3 Å². The van der Waals surface area contributed by atoms with Crippen molar-refractivity contribution in [2.24, 2.45) is 0 Å². The third-order valence-corrected chi connectivity index (χ3v) is 7.29. The predicted molar refractivity (Wildman–Crippen MR) is 150 cm³/mol. The first-order valence-electron chi connectivity index (χ1n) is 12.0. The smallest absolute Gasteiger partial charge is 0.416 e. The van der Waals surface area contributed by atoms with Crippen LogP contribution in [0.3, 0.4) is 0 Å². The SMILES string of the molecule is COc1ccc(N2C(=S)N[C@@H](c3ccccn3)[C@H]2c2cccn2-c2cccc(C(F)(F)F)c2)cc1NS(C)(=O)=O. The molecule has 0 amide bonds. The molecule has 208 valence electrons. The van der Waals surface area contributed by atoms with Gasteiger partial charge in [-0.1, -0.05) is 12.1 Å². The molecule has 2 N–H and O–H groups in total. The molecule has 13 heteroatoms. The first-order valence-corrected chi connectivity index (χ1v) is 14.3. The molecule has 1 saturated heterocycles. The number of benzene rings is 2. The Morgan fingerprint density at radius 3 is 2.50 bits per heavy atom. The molecule has 0 spiro atoms. The first-order chi connectivity index (χ1) is 19.0. The molecule has 1 aliphatic rings. The van der Waals surface area contributed by atoms with E-state index in [9.17, 15) is 21.6 Å². The molecule has 40 heavy (non-hydrogen) atoms. The Morgan fingerprint density at radius 1 is 1.02 bits per heavy atom. The van der Waals surface area contributed by atoms with Crippen LogP contribution in [0.4, 0.5) is 24.5 Å². The standard InChI is InChI=1S/C27H24F3N5O3S2/c1-38-23-12-11-19(16-21(23)33-40(2,36)37)35-25(24(32-26(35)39)20-9-3-4-13-31-20)22-10-6-14-34(22)18-8-5-7-17(15-18)27(28,29)30/h3-16,24-25,33H,1-2H3,(H,32,39)/t24-,25+/m0/s1. The van der Waals surface area contributed by atoms with Gasteiger partial charge in [-0.15, -0.1) is 0 Å². The Kier molecular flexibility index (Phi) is 7.19. The van der Waals surface area contributed by atoms with Gasteiger partial charge in [0.05, 0.1) is 36.4 Å². The zero-order valence-corrected chi connectivity index (χ0v) is 22.9. The number of anilines is 2. The summed E-state index contributed by atoms with van der Waals surface area (Å²) in [5.41, 5.74) is 1.59. The Labute approximate surface area is 234 Å². The molecule has 0 radical (unpaired) electrons. The van der Waals surface area contributed by atoms with Crippen LogP contribution in [0.25, 0.3) is 5.69 Å². The minimum Gasteiger partial charge on any atom is -0.495 e. The highest BCUT2D eigenvalue weighted by molar-refractivity contribution is 7.92. The second-order valence-corrected chi connectivity index (χ2v) is 11.2. The van der Waals surface area contributed by atoms with E-state index < -0.39 is 33.8 Å². The Hall–Kier alpha value is -4.10. The van der Waals surface area contributed by atoms with Crippen molar-refractivity contribution in [3.63, 3.8) is 0 Å². The van der Waals surface area contributed by atoms with Crippen LogP contribution in [0.15, 0.2) is 85.2 Å². The fourth-order valence-corrected chi connectivity index (χ4v) is 5.67. The summed E-state index contributed by atoms with van der Waals surface area (Å²) in [6.07, 6.45) is -0.144. The summed E-state index contributed by atoms with van der Waals surface area (Å²) in [4.78, 5) is 6.30. The van der Waals surface area contributed by atoms with Gasteiger partial charge in [-0.05, 0) is 72.9 Å². The first kappa shape index (κ1) is 27.5. The molecule has 2 aromatic heterocycles. The fraction of sp³-hybridized carbons (Fsp3) is 0.185. The molecule has 8 nitrogen and oxygen atoms in total. The van der Waals surface area contributed by atoms with Crippen LogP contribution >= 0.6 is 12.2 Å². The molecule has 2 atom stereocenters. The van der Waals surface area contributed by atoms with Crippen molar-refractivity contribution in [2.75, 3.05) is 23.0 Å². The minimum atomic E-state index is -4.51. The van der Waals surface area contributed by atoms with E-state index in [0.29, 0.717) is 33.6 Å². The predicted octanol–water partition coefficient (Wildman–Crippen LogP) is 5.45. The summed E-state index contributed by atoms with van der Waals surface area (Å²) in [6.45, 7) is 0. The largest absolute Gasteiger partial charge is 0.495 e. The number of thiocarbonyl (C=S) groups is 1. The summed E-state index contributed by atoms with van der Waals surface area (Å²) in [5, 5.41) is 3.63. The fourth-order valence-electron chi connectivity index (χ4n) is 4.76. The van der Waals surface area contributed by atoms with Gasteiger partial charge in [0.25, 0.3) is 0 Å². The van der Waals surface area contributed by atoms with Crippen molar-refractivity contribution in [3.8, 4) is 11.4 Å². The molecule has 0 unspecified atom stereocenters. The number of rotatable bonds is 7. The van der Waals surface area contributed by atoms with Crippen LogP contribution in [0.2, 0.25) is 0 Å². The molecule has 1 fully saturated rings. The maximum Gasteiger partial charge on any atom is 0.416 e. The molecule has 1 aliphatic heterocycles. The van der Waals surface area contributed by atoms with Crippen LogP contribution < -0.4 is 19.7 Å². The van der Waals surface area contributed by atoms with Crippen molar-refractivity contribution in [2.45, 2.75) is 18.3 Å². The number of hydrogen-bond donors (Lipinski definition) is 2. The number of alkyl halides is 3. The third kappa shape index (κ3) is 5.47. The minimum absolute atomic E-state index is 0.207. The van der Waals surface area contributed by atoms with Crippen LogP contribution in [0, 0.1) is 0 Å². The van der Waals surface area contributed by atoms with Gasteiger partial charge < -0.3 is 19.5 Å². The number of pyridine rings is 1. The second-order valence-electron chi connectivity index (χ2n) is 9.11. The molecular formula is C27H24F3N5O3S2. The zero-order valence-electron chi connectivity index (χ0n) is 21.3. The van der Waals surface area contributed by atoms with Gasteiger partial charge in [0.15, 0.2) is 5.11 Å². The second kappa shape index (κ2) is 10.5. The lowest BCUT2D eigenvalue weighted by Crippen LogP contribution is -2.30. The van der Waals surface area contributed by atoms with Crippen molar-refractivity contribution in [1.29, 1.82) is 0 Å². The normalized spacial score (nSPS) is 17.5. The summed E-state index contributed by atoms with van der Waals surface area (Å²) < 4.78 is 74.2. The summed E-state index contributed by atoms with van der Waals surface area (Å²) in [5.74, 6) is 0.303. The third-order valence-electron chi connectivity index (χ3n) is 6.39. The monoisotopic (exact) mass is 587 g/mol. The van der Waals surface area contributed by atoms with Crippen LogP contribution in [-0.4, -0.2) is 36.4 Å². The molecule has 0 aliphatic carbocycles. The Bertz CT molecular complexity index is 1660. The highest BCUT2D eigenvalue weighted by atomic mass is 32.2. The molecule has 0 bridgehead atoms. The average Bonchev–Trinajstić information content (AvgIpc) is 3.52. The highest BCUT2D eigenvalue weighted by Gasteiger charge is 2.42. The number of halogens is 3. The van der Waals surface area contributed by atoms with Gasteiger partial charge in [0.1, 0.15) is 11.8 Å². The quantitative estimate of drug-likeness (QED) is 0.278. The maximum atomic E-state index is 13.5. The number of nitrogens with one attached hydrogen (secondary N) is 2. The molecule has 4 aromatic rings.